The third-order valence-electron chi connectivity index (χ3n) is 3.32. The third-order valence-corrected chi connectivity index (χ3v) is 3.32. The summed E-state index contributed by atoms with van der Waals surface area (Å²) in [6.07, 6.45) is 1.56. The van der Waals surface area contributed by atoms with Gasteiger partial charge in [0.05, 0.1) is 12.6 Å². The van der Waals surface area contributed by atoms with E-state index in [-0.39, 0.29) is 18.4 Å². The zero-order chi connectivity index (χ0) is 14.4. The molecule has 0 saturated carbocycles. The fourth-order valence-electron chi connectivity index (χ4n) is 2.41. The van der Waals surface area contributed by atoms with E-state index in [1.54, 1.807) is 0 Å². The van der Waals surface area contributed by atoms with Crippen molar-refractivity contribution < 1.29 is 9.59 Å². The fraction of sp³-hybridized carbons (Fsp3) is 0.846. The highest BCUT2D eigenvalue weighted by atomic mass is 16.2. The lowest BCUT2D eigenvalue weighted by atomic mass is 10.0. The predicted octanol–water partition coefficient (Wildman–Crippen LogP) is -0.621. The van der Waals surface area contributed by atoms with Crippen LogP contribution in [0.25, 0.3) is 0 Å². The van der Waals surface area contributed by atoms with Gasteiger partial charge in [0.1, 0.15) is 0 Å². The quantitative estimate of drug-likeness (QED) is 0.696. The first-order valence-electron chi connectivity index (χ1n) is 6.95. The molecule has 4 N–H and O–H groups in total. The summed E-state index contributed by atoms with van der Waals surface area (Å²) in [5.41, 5.74) is 11.1. The Labute approximate surface area is 115 Å². The molecule has 1 saturated heterocycles. The summed E-state index contributed by atoms with van der Waals surface area (Å²) in [5, 5.41) is 0. The third kappa shape index (κ3) is 5.57. The van der Waals surface area contributed by atoms with Crippen LogP contribution in [0.15, 0.2) is 0 Å². The molecule has 110 valence electrons. The number of rotatable bonds is 5. The number of hydrogen-bond acceptors (Lipinski definition) is 4. The molecule has 0 spiro atoms. The van der Waals surface area contributed by atoms with Crippen LogP contribution in [0.4, 0.5) is 0 Å². The molecule has 0 aliphatic carbocycles. The molecule has 1 heterocycles. The summed E-state index contributed by atoms with van der Waals surface area (Å²) < 4.78 is 0. The largest absolute Gasteiger partial charge is 0.369 e. The van der Waals surface area contributed by atoms with Gasteiger partial charge in [-0.1, -0.05) is 13.8 Å². The van der Waals surface area contributed by atoms with Crippen molar-refractivity contribution in [1.29, 1.82) is 0 Å². The second-order valence-electron chi connectivity index (χ2n) is 5.66. The van der Waals surface area contributed by atoms with Gasteiger partial charge in [0.2, 0.25) is 11.8 Å². The molecule has 0 radical (unpaired) electrons. The normalized spacial score (nSPS) is 19.3. The molecule has 2 amide bonds. The molecule has 1 fully saturated rings. The number of carbonyl (C=O) groups excluding carboxylic acids is 2. The number of primary amides is 1. The van der Waals surface area contributed by atoms with Crippen molar-refractivity contribution in [2.24, 2.45) is 17.4 Å². The number of nitrogens with two attached hydrogens (primary N) is 2. The smallest absolute Gasteiger partial charge is 0.239 e. The van der Waals surface area contributed by atoms with Crippen LogP contribution in [0, 0.1) is 5.92 Å². The van der Waals surface area contributed by atoms with E-state index in [0.717, 1.165) is 13.0 Å². The van der Waals surface area contributed by atoms with Gasteiger partial charge < -0.3 is 16.4 Å². The average Bonchev–Trinajstić information content (AvgIpc) is 2.52. The van der Waals surface area contributed by atoms with Crippen molar-refractivity contribution in [3.8, 4) is 0 Å². The van der Waals surface area contributed by atoms with E-state index in [9.17, 15) is 9.59 Å². The highest BCUT2D eigenvalue weighted by Crippen LogP contribution is 2.09. The minimum Gasteiger partial charge on any atom is -0.369 e. The van der Waals surface area contributed by atoms with E-state index < -0.39 is 6.04 Å². The van der Waals surface area contributed by atoms with E-state index in [4.69, 9.17) is 11.5 Å². The van der Waals surface area contributed by atoms with Crippen molar-refractivity contribution in [3.05, 3.63) is 0 Å². The number of amides is 2. The predicted molar refractivity (Wildman–Crippen MR) is 74.3 cm³/mol. The highest BCUT2D eigenvalue weighted by molar-refractivity contribution is 5.81. The van der Waals surface area contributed by atoms with Gasteiger partial charge in [0, 0.05) is 26.2 Å². The van der Waals surface area contributed by atoms with Crippen LogP contribution in [-0.2, 0) is 9.59 Å². The maximum Gasteiger partial charge on any atom is 0.239 e. The van der Waals surface area contributed by atoms with Crippen molar-refractivity contribution in [3.63, 3.8) is 0 Å². The van der Waals surface area contributed by atoms with E-state index >= 15 is 0 Å². The van der Waals surface area contributed by atoms with Crippen LogP contribution in [0.1, 0.15) is 26.7 Å². The molecule has 1 aliphatic rings. The summed E-state index contributed by atoms with van der Waals surface area (Å²) in [7, 11) is 0. The fourth-order valence-corrected chi connectivity index (χ4v) is 2.41. The minimum atomic E-state index is -0.414. The SMILES string of the molecule is CC(C)C[C@H](N)C(=O)N1CCCN(CC(N)=O)CC1. The van der Waals surface area contributed by atoms with Crippen LogP contribution in [0.5, 0.6) is 0 Å². The van der Waals surface area contributed by atoms with E-state index in [1.165, 1.54) is 0 Å². The Balaban J connectivity index is 2.47. The first-order valence-corrected chi connectivity index (χ1v) is 6.95. The molecule has 0 aromatic carbocycles. The molecule has 1 atom stereocenters. The standard InChI is InChI=1S/C13H26N4O2/c1-10(2)8-11(14)13(19)17-5-3-4-16(6-7-17)9-12(15)18/h10-11H,3-9,14H2,1-2H3,(H2,15,18)/t11-/m0/s1. The first kappa shape index (κ1) is 15.9. The van der Waals surface area contributed by atoms with Gasteiger partial charge in [0.15, 0.2) is 0 Å². The summed E-state index contributed by atoms with van der Waals surface area (Å²) in [6, 6.07) is -0.414. The number of carbonyl (C=O) groups is 2. The molecule has 0 unspecified atom stereocenters. The molecular formula is C13H26N4O2. The van der Waals surface area contributed by atoms with Gasteiger partial charge in [-0.2, -0.15) is 0 Å². The Hall–Kier alpha value is -1.14. The summed E-state index contributed by atoms with van der Waals surface area (Å²) in [5.74, 6) is 0.114. The minimum absolute atomic E-state index is 0.0228. The van der Waals surface area contributed by atoms with Crippen molar-refractivity contribution in [2.45, 2.75) is 32.7 Å². The monoisotopic (exact) mass is 270 g/mol. The van der Waals surface area contributed by atoms with Gasteiger partial charge in [0.25, 0.3) is 0 Å². The Morgan fingerprint density at radius 3 is 2.42 bits per heavy atom. The van der Waals surface area contributed by atoms with Crippen LogP contribution in [-0.4, -0.2) is 60.4 Å². The topological polar surface area (TPSA) is 92.7 Å². The van der Waals surface area contributed by atoms with Crippen LogP contribution < -0.4 is 11.5 Å². The molecular weight excluding hydrogens is 244 g/mol. The lowest BCUT2D eigenvalue weighted by Crippen LogP contribution is -2.46. The van der Waals surface area contributed by atoms with Gasteiger partial charge >= 0.3 is 0 Å². The molecule has 1 rings (SSSR count). The molecule has 0 aromatic heterocycles. The summed E-state index contributed by atoms with van der Waals surface area (Å²) in [6.45, 7) is 7.20. The molecule has 0 aromatic rings. The lowest BCUT2D eigenvalue weighted by Gasteiger charge is -2.25. The molecule has 19 heavy (non-hydrogen) atoms. The maximum atomic E-state index is 12.2. The maximum absolute atomic E-state index is 12.2. The second-order valence-corrected chi connectivity index (χ2v) is 5.66. The van der Waals surface area contributed by atoms with Gasteiger partial charge in [-0.15, -0.1) is 0 Å². The van der Waals surface area contributed by atoms with Gasteiger partial charge in [-0.05, 0) is 18.8 Å². The Morgan fingerprint density at radius 1 is 1.16 bits per heavy atom. The Morgan fingerprint density at radius 2 is 1.84 bits per heavy atom. The zero-order valence-electron chi connectivity index (χ0n) is 12.0. The highest BCUT2D eigenvalue weighted by Gasteiger charge is 2.24. The van der Waals surface area contributed by atoms with Crippen molar-refractivity contribution in [1.82, 2.24) is 9.80 Å². The summed E-state index contributed by atoms with van der Waals surface area (Å²) >= 11 is 0. The van der Waals surface area contributed by atoms with Crippen LogP contribution in [0.3, 0.4) is 0 Å². The second kappa shape index (κ2) is 7.45. The average molecular weight is 270 g/mol. The Kier molecular flexibility index (Phi) is 6.24. The van der Waals surface area contributed by atoms with Crippen LogP contribution >= 0.6 is 0 Å². The lowest BCUT2D eigenvalue weighted by molar-refractivity contribution is -0.132. The number of nitrogens with zero attached hydrogens (tertiary/aromatic N) is 2. The first-order chi connectivity index (χ1) is 8.90. The van der Waals surface area contributed by atoms with Crippen molar-refractivity contribution in [2.75, 3.05) is 32.7 Å². The number of hydrogen-bond donors (Lipinski definition) is 2. The Bertz CT molecular complexity index is 320. The van der Waals surface area contributed by atoms with E-state index in [2.05, 4.69) is 13.8 Å². The van der Waals surface area contributed by atoms with E-state index in [0.29, 0.717) is 32.0 Å². The summed E-state index contributed by atoms with van der Waals surface area (Å²) in [4.78, 5) is 26.9. The van der Waals surface area contributed by atoms with Gasteiger partial charge in [-0.25, -0.2) is 0 Å². The van der Waals surface area contributed by atoms with Crippen LogP contribution in [0.2, 0.25) is 0 Å². The molecule has 6 heteroatoms. The molecule has 6 nitrogen and oxygen atoms in total. The van der Waals surface area contributed by atoms with Gasteiger partial charge in [-0.3, -0.25) is 14.5 Å². The van der Waals surface area contributed by atoms with Crippen molar-refractivity contribution >= 4 is 11.8 Å². The molecule has 0 bridgehead atoms. The zero-order valence-corrected chi connectivity index (χ0v) is 12.0. The van der Waals surface area contributed by atoms with E-state index in [1.807, 2.05) is 9.80 Å². The molecule has 1 aliphatic heterocycles.